The van der Waals surface area contributed by atoms with Crippen LogP contribution in [-0.4, -0.2) is 27.2 Å². The molecule has 0 aliphatic heterocycles. The van der Waals surface area contributed by atoms with Crippen LogP contribution in [0.15, 0.2) is 30.5 Å². The first-order chi connectivity index (χ1) is 11.0. The fraction of sp³-hybridized carbons (Fsp3) is 0.353. The predicted molar refractivity (Wildman–Crippen MR) is 84.3 cm³/mol. The Morgan fingerprint density at radius 2 is 2.00 bits per heavy atom. The Morgan fingerprint density at radius 3 is 2.65 bits per heavy atom. The van der Waals surface area contributed by atoms with Gasteiger partial charge in [-0.05, 0) is 23.5 Å². The molecule has 0 bridgehead atoms. The van der Waals surface area contributed by atoms with Gasteiger partial charge >= 0.3 is 5.97 Å². The van der Waals surface area contributed by atoms with Gasteiger partial charge in [0.05, 0.1) is 29.4 Å². The summed E-state index contributed by atoms with van der Waals surface area (Å²) < 4.78 is 0. The number of hydrogen-bond donors (Lipinski definition) is 3. The molecule has 0 fully saturated rings. The quantitative estimate of drug-likeness (QED) is 0.808. The third-order valence-electron chi connectivity index (χ3n) is 4.31. The van der Waals surface area contributed by atoms with Crippen LogP contribution >= 0.6 is 0 Å². The Kier molecular flexibility index (Phi) is 3.90. The number of fused-ring (bicyclic) bond motifs is 1. The largest absolute Gasteiger partial charge is 0.481 e. The predicted octanol–water partition coefficient (Wildman–Crippen LogP) is 2.58. The van der Waals surface area contributed by atoms with Crippen LogP contribution in [0, 0.1) is 0 Å². The highest BCUT2D eigenvalue weighted by atomic mass is 16.4. The zero-order valence-corrected chi connectivity index (χ0v) is 13.0. The molecule has 3 N–H and O–H groups in total. The molecule has 3 rings (SSSR count). The van der Waals surface area contributed by atoms with Gasteiger partial charge in [0.15, 0.2) is 0 Å². The Bertz CT molecular complexity index is 751. The Morgan fingerprint density at radius 1 is 1.30 bits per heavy atom. The van der Waals surface area contributed by atoms with E-state index in [9.17, 15) is 14.7 Å². The molecular weight excluding hydrogens is 294 g/mol. The van der Waals surface area contributed by atoms with Crippen LogP contribution in [0.25, 0.3) is 0 Å². The summed E-state index contributed by atoms with van der Waals surface area (Å²) in [7, 11) is 0. The molecule has 1 heterocycles. The number of carboxylic acids is 1. The van der Waals surface area contributed by atoms with Gasteiger partial charge < -0.3 is 10.4 Å². The zero-order chi connectivity index (χ0) is 16.6. The summed E-state index contributed by atoms with van der Waals surface area (Å²) in [4.78, 5) is 24.0. The minimum Gasteiger partial charge on any atom is -0.481 e. The minimum atomic E-state index is -0.861. The molecule has 0 radical (unpaired) electrons. The number of amides is 1. The maximum atomic E-state index is 12.6. The maximum absolute atomic E-state index is 12.6. The number of nitrogens with zero attached hydrogens (tertiary/aromatic N) is 1. The molecule has 23 heavy (non-hydrogen) atoms. The molecule has 1 aliphatic carbocycles. The average molecular weight is 313 g/mol. The highest BCUT2D eigenvalue weighted by molar-refractivity contribution is 5.95. The van der Waals surface area contributed by atoms with Crippen LogP contribution in [-0.2, 0) is 4.79 Å². The number of carbonyl (C=O) groups is 2. The summed E-state index contributed by atoms with van der Waals surface area (Å²) in [5.74, 6) is -1.51. The first-order valence-corrected chi connectivity index (χ1v) is 7.64. The van der Waals surface area contributed by atoms with Crippen molar-refractivity contribution >= 4 is 11.9 Å². The topological polar surface area (TPSA) is 95.1 Å². The van der Waals surface area contributed by atoms with E-state index in [1.54, 1.807) is 0 Å². The van der Waals surface area contributed by atoms with Crippen molar-refractivity contribution in [2.45, 2.75) is 38.1 Å². The van der Waals surface area contributed by atoms with Crippen LogP contribution < -0.4 is 5.32 Å². The van der Waals surface area contributed by atoms with Gasteiger partial charge in [0, 0.05) is 0 Å². The first-order valence-electron chi connectivity index (χ1n) is 7.64. The second-order valence-corrected chi connectivity index (χ2v) is 6.13. The lowest BCUT2D eigenvalue weighted by atomic mass is 10.0. The number of rotatable bonds is 4. The summed E-state index contributed by atoms with van der Waals surface area (Å²) in [6, 6.07) is 7.08. The summed E-state index contributed by atoms with van der Waals surface area (Å²) >= 11 is 0. The molecular formula is C17H19N3O3. The van der Waals surface area contributed by atoms with Crippen molar-refractivity contribution in [1.82, 2.24) is 15.5 Å². The van der Waals surface area contributed by atoms with Crippen molar-refractivity contribution in [2.24, 2.45) is 0 Å². The molecule has 0 spiro atoms. The molecule has 1 aliphatic rings. The molecule has 6 nitrogen and oxygen atoms in total. The van der Waals surface area contributed by atoms with Crippen molar-refractivity contribution in [1.29, 1.82) is 0 Å². The van der Waals surface area contributed by atoms with E-state index in [0.717, 1.165) is 16.8 Å². The van der Waals surface area contributed by atoms with Crippen LogP contribution in [0.4, 0.5) is 0 Å². The monoisotopic (exact) mass is 313 g/mol. The number of nitrogens with one attached hydrogen (secondary N) is 2. The van der Waals surface area contributed by atoms with Gasteiger partial charge in [0.25, 0.3) is 5.91 Å². The molecule has 1 aromatic heterocycles. The van der Waals surface area contributed by atoms with Crippen LogP contribution in [0.5, 0.6) is 0 Å². The van der Waals surface area contributed by atoms with Gasteiger partial charge in [-0.3, -0.25) is 14.7 Å². The second kappa shape index (κ2) is 5.87. The number of aromatic nitrogens is 2. The van der Waals surface area contributed by atoms with Gasteiger partial charge in [-0.25, -0.2) is 0 Å². The van der Waals surface area contributed by atoms with Crippen molar-refractivity contribution in [3.63, 3.8) is 0 Å². The summed E-state index contributed by atoms with van der Waals surface area (Å²) in [6.07, 6.45) is 1.88. The molecule has 0 saturated heterocycles. The molecule has 0 saturated carbocycles. The van der Waals surface area contributed by atoms with Crippen LogP contribution in [0.2, 0.25) is 0 Å². The van der Waals surface area contributed by atoms with Gasteiger partial charge in [0.1, 0.15) is 0 Å². The van der Waals surface area contributed by atoms with Gasteiger partial charge in [-0.1, -0.05) is 38.1 Å². The normalized spacial score (nSPS) is 19.6. The van der Waals surface area contributed by atoms with E-state index >= 15 is 0 Å². The number of benzene rings is 1. The molecule has 6 heteroatoms. The number of carboxylic acid groups (broad SMARTS) is 1. The van der Waals surface area contributed by atoms with Gasteiger partial charge in [-0.2, -0.15) is 5.10 Å². The fourth-order valence-electron chi connectivity index (χ4n) is 3.16. The fourth-order valence-corrected chi connectivity index (χ4v) is 3.16. The van der Waals surface area contributed by atoms with Gasteiger partial charge in [-0.15, -0.1) is 0 Å². The number of carbonyl (C=O) groups excluding carboxylic acids is 1. The van der Waals surface area contributed by atoms with Gasteiger partial charge in [0.2, 0.25) is 0 Å². The van der Waals surface area contributed by atoms with E-state index < -0.39 is 11.9 Å². The molecule has 120 valence electrons. The number of aromatic amines is 1. The summed E-state index contributed by atoms with van der Waals surface area (Å²) in [5.41, 5.74) is 2.95. The highest BCUT2D eigenvalue weighted by Gasteiger charge is 2.36. The molecule has 1 aromatic carbocycles. The van der Waals surface area contributed by atoms with E-state index in [-0.39, 0.29) is 17.9 Å². The summed E-state index contributed by atoms with van der Waals surface area (Å²) in [5, 5.41) is 19.1. The maximum Gasteiger partial charge on any atom is 0.311 e. The van der Waals surface area contributed by atoms with Crippen LogP contribution in [0.1, 0.15) is 65.3 Å². The molecule has 2 aromatic rings. The van der Waals surface area contributed by atoms with Crippen molar-refractivity contribution in [3.05, 3.63) is 52.8 Å². The zero-order valence-electron chi connectivity index (χ0n) is 13.0. The van der Waals surface area contributed by atoms with Crippen molar-refractivity contribution in [2.75, 3.05) is 0 Å². The third-order valence-corrected chi connectivity index (χ3v) is 4.31. The number of aliphatic carboxylic acids is 1. The minimum absolute atomic E-state index is 0.154. The lowest BCUT2D eigenvalue weighted by molar-refractivity contribution is -0.138. The smallest absolute Gasteiger partial charge is 0.311 e. The van der Waals surface area contributed by atoms with Crippen molar-refractivity contribution in [3.8, 4) is 0 Å². The standard InChI is InChI=1S/C17H19N3O3/c1-9(2)15-13(8-18-20-15)16(21)19-14-7-12(17(22)23)10-5-3-4-6-11(10)14/h3-6,8-9,12,14H,7H2,1-2H3,(H,18,20)(H,19,21)(H,22,23). The Hall–Kier alpha value is -2.63. The van der Waals surface area contributed by atoms with Crippen molar-refractivity contribution < 1.29 is 14.7 Å². The Labute approximate surface area is 133 Å². The first kappa shape index (κ1) is 15.3. The van der Waals surface area contributed by atoms with E-state index in [4.69, 9.17) is 0 Å². The molecule has 2 atom stereocenters. The second-order valence-electron chi connectivity index (χ2n) is 6.13. The number of hydrogen-bond acceptors (Lipinski definition) is 3. The summed E-state index contributed by atoms with van der Waals surface area (Å²) in [6.45, 7) is 3.96. The van der Waals surface area contributed by atoms with E-state index in [2.05, 4.69) is 15.5 Å². The lowest BCUT2D eigenvalue weighted by Gasteiger charge is -2.15. The number of H-pyrrole nitrogens is 1. The lowest BCUT2D eigenvalue weighted by Crippen LogP contribution is -2.28. The molecule has 1 amide bonds. The van der Waals surface area contributed by atoms with E-state index in [1.807, 2.05) is 38.1 Å². The highest BCUT2D eigenvalue weighted by Crippen LogP contribution is 2.40. The molecule has 2 unspecified atom stereocenters. The Balaban J connectivity index is 1.85. The van der Waals surface area contributed by atoms with E-state index in [0.29, 0.717) is 12.0 Å². The van der Waals surface area contributed by atoms with Crippen LogP contribution in [0.3, 0.4) is 0 Å². The SMILES string of the molecule is CC(C)c1[nH]ncc1C(=O)NC1CC(C(=O)O)c2ccccc21. The average Bonchev–Trinajstić information content (AvgIpc) is 3.12. The third kappa shape index (κ3) is 2.72. The van der Waals surface area contributed by atoms with E-state index in [1.165, 1.54) is 6.20 Å².